The van der Waals surface area contributed by atoms with Gasteiger partial charge in [0.15, 0.2) is 0 Å². The third-order valence-corrected chi connectivity index (χ3v) is 3.84. The maximum absolute atomic E-state index is 11.8. The lowest BCUT2D eigenvalue weighted by Crippen LogP contribution is -2.27. The molecule has 1 aliphatic heterocycles. The van der Waals surface area contributed by atoms with Crippen molar-refractivity contribution in [2.45, 2.75) is 26.3 Å². The molecule has 2 rings (SSSR count). The number of carbonyl (C=O) groups is 2. The van der Waals surface area contributed by atoms with Crippen molar-refractivity contribution in [3.8, 4) is 0 Å². The fourth-order valence-corrected chi connectivity index (χ4v) is 2.62. The van der Waals surface area contributed by atoms with Gasteiger partial charge in [0.1, 0.15) is 0 Å². The van der Waals surface area contributed by atoms with Gasteiger partial charge in [-0.2, -0.15) is 5.10 Å². The van der Waals surface area contributed by atoms with Crippen LogP contribution in [0.4, 0.5) is 0 Å². The van der Waals surface area contributed by atoms with Gasteiger partial charge in [0, 0.05) is 20.0 Å². The topological polar surface area (TPSA) is 75.4 Å². The fraction of sp³-hybridized carbons (Fsp3) is 0.583. The summed E-state index contributed by atoms with van der Waals surface area (Å²) in [7, 11) is 1.77. The van der Waals surface area contributed by atoms with Gasteiger partial charge in [-0.15, -0.1) is 0 Å². The van der Waals surface area contributed by atoms with E-state index in [4.69, 9.17) is 16.7 Å². The first-order chi connectivity index (χ1) is 8.93. The Morgan fingerprint density at radius 3 is 2.74 bits per heavy atom. The molecule has 0 aliphatic carbocycles. The minimum Gasteiger partial charge on any atom is -0.481 e. The van der Waals surface area contributed by atoms with Crippen LogP contribution >= 0.6 is 11.6 Å². The molecule has 1 amide bonds. The lowest BCUT2D eigenvalue weighted by molar-refractivity contribution is -0.141. The summed E-state index contributed by atoms with van der Waals surface area (Å²) in [6, 6.07) is 0. The molecular weight excluding hydrogens is 270 g/mol. The summed E-state index contributed by atoms with van der Waals surface area (Å²) < 4.78 is 1.66. The molecular formula is C12H16ClN3O3. The third-order valence-electron chi connectivity index (χ3n) is 3.41. The molecule has 6 nitrogen and oxygen atoms in total. The van der Waals surface area contributed by atoms with Crippen molar-refractivity contribution >= 4 is 23.5 Å². The normalized spacial score (nSPS) is 19.2. The lowest BCUT2D eigenvalue weighted by atomic mass is 10.1. The number of carboxylic acid groups (broad SMARTS) is 1. The molecule has 1 aromatic heterocycles. The molecule has 1 aliphatic rings. The van der Waals surface area contributed by atoms with E-state index in [-0.39, 0.29) is 18.9 Å². The van der Waals surface area contributed by atoms with Crippen LogP contribution in [-0.2, 0) is 29.6 Å². The molecule has 0 bridgehead atoms. The van der Waals surface area contributed by atoms with Crippen molar-refractivity contribution in [3.05, 3.63) is 16.4 Å². The number of aromatic nitrogens is 2. The van der Waals surface area contributed by atoms with Crippen molar-refractivity contribution in [2.75, 3.05) is 6.54 Å². The van der Waals surface area contributed by atoms with E-state index >= 15 is 0 Å². The zero-order chi connectivity index (χ0) is 14.2. The number of nitrogens with zero attached hydrogens (tertiary/aromatic N) is 3. The number of likely N-dealkylation sites (tertiary alicyclic amines) is 1. The second kappa shape index (κ2) is 5.21. The number of rotatable bonds is 4. The lowest BCUT2D eigenvalue weighted by Gasteiger charge is -2.16. The molecule has 1 N–H and O–H groups in total. The summed E-state index contributed by atoms with van der Waals surface area (Å²) in [5, 5.41) is 13.8. The van der Waals surface area contributed by atoms with E-state index in [1.54, 1.807) is 11.7 Å². The summed E-state index contributed by atoms with van der Waals surface area (Å²) in [5.74, 6) is -1.70. The van der Waals surface area contributed by atoms with Crippen LogP contribution in [0.25, 0.3) is 0 Å². The Morgan fingerprint density at radius 2 is 2.26 bits per heavy atom. The highest BCUT2D eigenvalue weighted by Crippen LogP contribution is 2.25. The maximum atomic E-state index is 11.8. The number of amides is 1. The van der Waals surface area contributed by atoms with Gasteiger partial charge in [-0.3, -0.25) is 14.3 Å². The zero-order valence-corrected chi connectivity index (χ0v) is 11.6. The fourth-order valence-electron chi connectivity index (χ4n) is 2.26. The number of halogens is 1. The molecule has 1 aromatic rings. The Labute approximate surface area is 115 Å². The van der Waals surface area contributed by atoms with E-state index in [0.717, 1.165) is 17.8 Å². The van der Waals surface area contributed by atoms with Gasteiger partial charge < -0.3 is 10.0 Å². The Morgan fingerprint density at radius 1 is 1.58 bits per heavy atom. The predicted molar refractivity (Wildman–Crippen MR) is 68.8 cm³/mol. The molecule has 0 aromatic carbocycles. The highest BCUT2D eigenvalue weighted by molar-refractivity contribution is 6.31. The minimum atomic E-state index is -0.929. The summed E-state index contributed by atoms with van der Waals surface area (Å²) in [4.78, 5) is 24.2. The molecule has 104 valence electrons. The molecule has 1 fully saturated rings. The average Bonchev–Trinajstić information content (AvgIpc) is 2.85. The molecule has 2 heterocycles. The van der Waals surface area contributed by atoms with E-state index in [9.17, 15) is 9.59 Å². The zero-order valence-electron chi connectivity index (χ0n) is 10.9. The smallest absolute Gasteiger partial charge is 0.308 e. The summed E-state index contributed by atoms with van der Waals surface area (Å²) in [5.41, 5.74) is 1.54. The van der Waals surface area contributed by atoms with E-state index in [1.807, 2.05) is 6.92 Å². The Kier molecular flexibility index (Phi) is 3.80. The van der Waals surface area contributed by atoms with Gasteiger partial charge in [0.25, 0.3) is 0 Å². The first-order valence-corrected chi connectivity index (χ1v) is 6.52. The van der Waals surface area contributed by atoms with E-state index in [2.05, 4.69) is 5.10 Å². The van der Waals surface area contributed by atoms with Crippen molar-refractivity contribution < 1.29 is 14.7 Å². The van der Waals surface area contributed by atoms with E-state index < -0.39 is 11.9 Å². The predicted octanol–water partition coefficient (Wildman–Crippen LogP) is 1.07. The molecule has 7 heteroatoms. The number of hydrogen-bond donors (Lipinski definition) is 1. The minimum absolute atomic E-state index is 0.0610. The van der Waals surface area contributed by atoms with Crippen molar-refractivity contribution in [3.63, 3.8) is 0 Å². The summed E-state index contributed by atoms with van der Waals surface area (Å²) >= 11 is 6.22. The highest BCUT2D eigenvalue weighted by atomic mass is 35.5. The van der Waals surface area contributed by atoms with Crippen LogP contribution in [0.15, 0.2) is 0 Å². The highest BCUT2D eigenvalue weighted by Gasteiger charge is 2.35. The van der Waals surface area contributed by atoms with Gasteiger partial charge in [0.2, 0.25) is 5.91 Å². The first-order valence-electron chi connectivity index (χ1n) is 6.14. The Hall–Kier alpha value is -1.56. The van der Waals surface area contributed by atoms with Crippen LogP contribution < -0.4 is 0 Å². The Bertz CT molecular complexity index is 527. The Balaban J connectivity index is 2.16. The molecule has 1 atom stereocenters. The molecule has 0 radical (unpaired) electrons. The van der Waals surface area contributed by atoms with Crippen molar-refractivity contribution in [2.24, 2.45) is 13.0 Å². The van der Waals surface area contributed by atoms with Crippen LogP contribution in [0.1, 0.15) is 24.7 Å². The number of carboxylic acids is 1. The quantitative estimate of drug-likeness (QED) is 0.898. The largest absolute Gasteiger partial charge is 0.481 e. The molecule has 19 heavy (non-hydrogen) atoms. The number of aliphatic carboxylic acids is 1. The van der Waals surface area contributed by atoms with Gasteiger partial charge in [0.05, 0.1) is 28.9 Å². The maximum Gasteiger partial charge on any atom is 0.308 e. The van der Waals surface area contributed by atoms with Crippen molar-refractivity contribution in [1.29, 1.82) is 0 Å². The summed E-state index contributed by atoms with van der Waals surface area (Å²) in [6.07, 6.45) is 0.782. The van der Waals surface area contributed by atoms with Gasteiger partial charge in [-0.05, 0) is 6.42 Å². The molecule has 1 saturated heterocycles. The molecule has 0 saturated carbocycles. The second-order valence-electron chi connectivity index (χ2n) is 4.70. The van der Waals surface area contributed by atoms with Crippen LogP contribution in [0.5, 0.6) is 0 Å². The van der Waals surface area contributed by atoms with Gasteiger partial charge >= 0.3 is 5.97 Å². The van der Waals surface area contributed by atoms with Crippen LogP contribution in [-0.4, -0.2) is 38.2 Å². The standard InChI is InChI=1S/C12H16ClN3O3/c1-3-8-11(13)9(15(2)14-8)6-16-5-7(12(18)19)4-10(16)17/h7H,3-6H2,1-2H3,(H,18,19). The van der Waals surface area contributed by atoms with Crippen LogP contribution in [0.3, 0.4) is 0 Å². The van der Waals surface area contributed by atoms with E-state index in [1.165, 1.54) is 4.90 Å². The van der Waals surface area contributed by atoms with Crippen molar-refractivity contribution in [1.82, 2.24) is 14.7 Å². The number of hydrogen-bond acceptors (Lipinski definition) is 3. The van der Waals surface area contributed by atoms with E-state index in [0.29, 0.717) is 11.6 Å². The SMILES string of the molecule is CCc1nn(C)c(CN2CC(C(=O)O)CC2=O)c1Cl. The molecule has 1 unspecified atom stereocenters. The number of carbonyl (C=O) groups excluding carboxylic acids is 1. The second-order valence-corrected chi connectivity index (χ2v) is 5.08. The monoisotopic (exact) mass is 285 g/mol. The first kappa shape index (κ1) is 13.9. The number of aryl methyl sites for hydroxylation is 2. The van der Waals surface area contributed by atoms with Crippen LogP contribution in [0.2, 0.25) is 5.02 Å². The van der Waals surface area contributed by atoms with Gasteiger partial charge in [-0.1, -0.05) is 18.5 Å². The third kappa shape index (κ3) is 2.58. The summed E-state index contributed by atoms with van der Waals surface area (Å²) in [6.45, 7) is 2.50. The van der Waals surface area contributed by atoms with Crippen LogP contribution in [0, 0.1) is 5.92 Å². The molecule has 0 spiro atoms. The van der Waals surface area contributed by atoms with Gasteiger partial charge in [-0.25, -0.2) is 0 Å². The average molecular weight is 286 g/mol.